The van der Waals surface area contributed by atoms with Crippen molar-refractivity contribution in [3.8, 4) is 0 Å². The number of hydrogen-bond acceptors (Lipinski definition) is 4. The Bertz CT molecular complexity index is 602. The highest BCUT2D eigenvalue weighted by atomic mass is 28.4. The van der Waals surface area contributed by atoms with Gasteiger partial charge in [0, 0.05) is 12.7 Å². The lowest BCUT2D eigenvalue weighted by molar-refractivity contribution is -0.120. The summed E-state index contributed by atoms with van der Waals surface area (Å²) < 4.78 is 19.0. The van der Waals surface area contributed by atoms with E-state index in [1.165, 1.54) is 56.7 Å². The Labute approximate surface area is 200 Å². The van der Waals surface area contributed by atoms with E-state index >= 15 is 0 Å². The Morgan fingerprint density at radius 1 is 0.938 bits per heavy atom. The highest BCUT2D eigenvalue weighted by Gasteiger charge is 2.40. The predicted molar refractivity (Wildman–Crippen MR) is 139 cm³/mol. The molecule has 1 radical (unpaired) electrons. The fraction of sp³-hybridized carbons (Fsp3) is 0.731. The molecule has 1 rings (SSSR count). The second-order valence-corrected chi connectivity index (χ2v) is 16.0. The normalized spacial score (nSPS) is 15.0. The first-order chi connectivity index (χ1) is 15.3. The molecule has 0 N–H and O–H groups in total. The van der Waals surface area contributed by atoms with Crippen LogP contribution in [-0.4, -0.2) is 48.1 Å². The van der Waals surface area contributed by atoms with Crippen LogP contribution in [-0.2, 0) is 13.9 Å². The molecule has 0 aliphatic heterocycles. The summed E-state index contributed by atoms with van der Waals surface area (Å²) in [5.41, 5.74) is 0.673. The summed E-state index contributed by atoms with van der Waals surface area (Å²) in [5, 5.41) is 0. The SMILES string of the molecule is CCCC[Si](CCCC)(CCCC)O[C@H](C)[C@H](OC(OC)[Si](C)C)C(=O)c1ccccc1. The molecule has 0 saturated carbocycles. The topological polar surface area (TPSA) is 44.8 Å². The van der Waals surface area contributed by atoms with Crippen LogP contribution in [0.25, 0.3) is 0 Å². The maximum atomic E-state index is 13.6. The van der Waals surface area contributed by atoms with Crippen molar-refractivity contribution in [2.75, 3.05) is 7.11 Å². The van der Waals surface area contributed by atoms with Gasteiger partial charge in [-0.25, -0.2) is 0 Å². The fourth-order valence-electron chi connectivity index (χ4n) is 4.22. The average Bonchev–Trinajstić information content (AvgIpc) is 2.80. The highest BCUT2D eigenvalue weighted by Crippen LogP contribution is 2.32. The molecule has 0 aromatic heterocycles. The second-order valence-electron chi connectivity index (χ2n) is 9.25. The molecule has 1 aromatic rings. The molecule has 32 heavy (non-hydrogen) atoms. The summed E-state index contributed by atoms with van der Waals surface area (Å²) in [7, 11) is -1.21. The molecule has 1 unspecified atom stereocenters. The van der Waals surface area contributed by atoms with Crippen molar-refractivity contribution in [1.82, 2.24) is 0 Å². The molecule has 0 bridgehead atoms. The van der Waals surface area contributed by atoms with Gasteiger partial charge in [0.25, 0.3) is 0 Å². The zero-order valence-corrected chi connectivity index (χ0v) is 23.6. The summed E-state index contributed by atoms with van der Waals surface area (Å²) in [6.45, 7) is 13.1. The van der Waals surface area contributed by atoms with Gasteiger partial charge < -0.3 is 13.9 Å². The van der Waals surface area contributed by atoms with Crippen LogP contribution in [0.15, 0.2) is 30.3 Å². The van der Waals surface area contributed by atoms with E-state index in [0.29, 0.717) is 5.56 Å². The summed E-state index contributed by atoms with van der Waals surface area (Å²) in [4.78, 5) is 13.6. The maximum Gasteiger partial charge on any atom is 0.194 e. The number of carbonyl (C=O) groups excluding carboxylic acids is 1. The van der Waals surface area contributed by atoms with Crippen molar-refractivity contribution in [1.29, 1.82) is 0 Å². The number of ether oxygens (including phenoxy) is 2. The Morgan fingerprint density at radius 2 is 1.44 bits per heavy atom. The number of Topliss-reactive ketones (excluding diaryl/α,β-unsaturated/α-hetero) is 1. The van der Waals surface area contributed by atoms with Gasteiger partial charge in [0.1, 0.15) is 20.8 Å². The molecule has 6 heteroatoms. The Hall–Kier alpha value is -0.796. The molecule has 0 fully saturated rings. The molecule has 0 heterocycles. The van der Waals surface area contributed by atoms with Gasteiger partial charge >= 0.3 is 0 Å². The molecule has 4 nitrogen and oxygen atoms in total. The average molecular weight is 480 g/mol. The molecule has 183 valence electrons. The quantitative estimate of drug-likeness (QED) is 0.126. The predicted octanol–water partition coefficient (Wildman–Crippen LogP) is 7.27. The van der Waals surface area contributed by atoms with Crippen LogP contribution < -0.4 is 0 Å². The number of ketones is 1. The van der Waals surface area contributed by atoms with Crippen molar-refractivity contribution >= 4 is 22.9 Å². The van der Waals surface area contributed by atoms with E-state index in [1.54, 1.807) is 7.11 Å². The van der Waals surface area contributed by atoms with E-state index in [0.717, 1.165) is 0 Å². The molecule has 0 saturated heterocycles. The van der Waals surface area contributed by atoms with Crippen molar-refractivity contribution in [2.45, 2.75) is 116 Å². The Kier molecular flexibility index (Phi) is 14.6. The van der Waals surface area contributed by atoms with Gasteiger partial charge in [0.15, 0.2) is 14.1 Å². The van der Waals surface area contributed by atoms with E-state index in [4.69, 9.17) is 13.9 Å². The van der Waals surface area contributed by atoms with Crippen LogP contribution >= 0.6 is 0 Å². The number of hydrogen-bond donors (Lipinski definition) is 0. The molecule has 1 aromatic carbocycles. The third-order valence-corrected chi connectivity index (χ3v) is 12.1. The van der Waals surface area contributed by atoms with Gasteiger partial charge in [-0.05, 0) is 25.1 Å². The molecule has 0 amide bonds. The van der Waals surface area contributed by atoms with E-state index < -0.39 is 23.2 Å². The third-order valence-electron chi connectivity index (χ3n) is 6.09. The van der Waals surface area contributed by atoms with Gasteiger partial charge in [0.2, 0.25) is 0 Å². The number of benzene rings is 1. The van der Waals surface area contributed by atoms with Gasteiger partial charge in [0.05, 0.1) is 6.10 Å². The fourth-order valence-corrected chi connectivity index (χ4v) is 10.1. The number of unbranched alkanes of at least 4 members (excludes halogenated alkanes) is 3. The van der Waals surface area contributed by atoms with Gasteiger partial charge in [-0.2, -0.15) is 0 Å². The molecular formula is C26H47O4Si2. The summed E-state index contributed by atoms with van der Waals surface area (Å²) in [5.74, 6) is -0.352. The molecule has 0 aliphatic carbocycles. The number of carbonyl (C=O) groups is 1. The lowest BCUT2D eigenvalue weighted by atomic mass is 10.0. The van der Waals surface area contributed by atoms with Crippen LogP contribution in [0.1, 0.15) is 76.6 Å². The van der Waals surface area contributed by atoms with Crippen molar-refractivity contribution in [3.05, 3.63) is 35.9 Å². The van der Waals surface area contributed by atoms with E-state index in [-0.39, 0.29) is 17.8 Å². The first kappa shape index (κ1) is 29.2. The number of methoxy groups -OCH3 is 1. The third kappa shape index (κ3) is 9.60. The van der Waals surface area contributed by atoms with Crippen LogP contribution in [0.3, 0.4) is 0 Å². The summed E-state index contributed by atoms with van der Waals surface area (Å²) >= 11 is 0. The van der Waals surface area contributed by atoms with Crippen molar-refractivity contribution in [3.63, 3.8) is 0 Å². The number of rotatable bonds is 18. The minimum Gasteiger partial charge on any atom is -0.411 e. The summed E-state index contributed by atoms with van der Waals surface area (Å²) in [6.07, 6.45) is 6.18. The van der Waals surface area contributed by atoms with Crippen LogP contribution in [0, 0.1) is 0 Å². The zero-order chi connectivity index (χ0) is 24.0. The Balaban J connectivity index is 3.23. The first-order valence-corrected chi connectivity index (χ1v) is 17.7. The molecule has 0 aliphatic rings. The molecule has 3 atom stereocenters. The smallest absolute Gasteiger partial charge is 0.194 e. The van der Waals surface area contributed by atoms with Crippen LogP contribution in [0.5, 0.6) is 0 Å². The lowest BCUT2D eigenvalue weighted by Gasteiger charge is -2.38. The standard InChI is InChI=1S/C26H47O4Si2/c1-8-11-19-32(20-12-9-2,21-13-10-3)30-22(4)25(29-26(28-5)31(6)7)24(27)23-17-15-14-16-18-23/h14-18,22,25-26H,8-13,19-21H2,1-7H3/t22-,25+,26?/m1/s1. The minimum atomic E-state index is -1.98. The Morgan fingerprint density at radius 3 is 1.84 bits per heavy atom. The van der Waals surface area contributed by atoms with Crippen LogP contribution in [0.2, 0.25) is 31.2 Å². The van der Waals surface area contributed by atoms with E-state index in [2.05, 4.69) is 33.9 Å². The van der Waals surface area contributed by atoms with E-state index in [9.17, 15) is 4.79 Å². The van der Waals surface area contributed by atoms with E-state index in [1.807, 2.05) is 37.3 Å². The first-order valence-electron chi connectivity index (χ1n) is 12.6. The van der Waals surface area contributed by atoms with Crippen molar-refractivity contribution < 1.29 is 18.7 Å². The van der Waals surface area contributed by atoms with Gasteiger partial charge in [-0.15, -0.1) is 0 Å². The largest absolute Gasteiger partial charge is 0.411 e. The summed E-state index contributed by atoms with van der Waals surface area (Å²) in [6, 6.07) is 13.0. The van der Waals surface area contributed by atoms with Gasteiger partial charge in [-0.3, -0.25) is 4.79 Å². The highest BCUT2D eigenvalue weighted by molar-refractivity contribution is 6.73. The van der Waals surface area contributed by atoms with Crippen LogP contribution in [0.4, 0.5) is 0 Å². The van der Waals surface area contributed by atoms with Gasteiger partial charge in [-0.1, -0.05) is 103 Å². The second kappa shape index (κ2) is 15.9. The van der Waals surface area contributed by atoms with Crippen molar-refractivity contribution in [2.24, 2.45) is 0 Å². The maximum absolute atomic E-state index is 13.6. The molecule has 0 spiro atoms. The lowest BCUT2D eigenvalue weighted by Crippen LogP contribution is -2.49. The monoisotopic (exact) mass is 479 g/mol. The minimum absolute atomic E-state index is 0.00669. The zero-order valence-electron chi connectivity index (χ0n) is 21.6. The molecular weight excluding hydrogens is 432 g/mol.